The molecule has 0 saturated carbocycles. The van der Waals surface area contributed by atoms with Gasteiger partial charge in [0.1, 0.15) is 0 Å². The molecule has 0 aliphatic carbocycles. The van der Waals surface area contributed by atoms with E-state index in [4.69, 9.17) is 9.47 Å². The molecule has 0 bridgehead atoms. The van der Waals surface area contributed by atoms with Gasteiger partial charge in [0.15, 0.2) is 17.2 Å². The van der Waals surface area contributed by atoms with Gasteiger partial charge >= 0.3 is 5.97 Å². The first-order valence-corrected chi connectivity index (χ1v) is 9.12. The molecule has 0 unspecified atom stereocenters. The fourth-order valence-electron chi connectivity index (χ4n) is 3.19. The highest BCUT2D eigenvalue weighted by Crippen LogP contribution is 2.28. The number of nitrogens with one attached hydrogen (secondary N) is 1. The summed E-state index contributed by atoms with van der Waals surface area (Å²) in [5.41, 5.74) is 2.00. The Bertz CT molecular complexity index is 1040. The Labute approximate surface area is 168 Å². The van der Waals surface area contributed by atoms with E-state index in [-0.39, 0.29) is 11.6 Å². The number of fused-ring (bicyclic) bond motifs is 1. The van der Waals surface area contributed by atoms with Crippen LogP contribution in [0, 0.1) is 0 Å². The molecule has 0 aliphatic rings. The number of amides is 1. The lowest BCUT2D eigenvalue weighted by molar-refractivity contribution is 0.0691. The zero-order valence-corrected chi connectivity index (χ0v) is 16.6. The van der Waals surface area contributed by atoms with Crippen molar-refractivity contribution in [1.82, 2.24) is 15.1 Å². The van der Waals surface area contributed by atoms with Crippen LogP contribution in [0.15, 0.2) is 36.4 Å². The number of rotatable bonds is 8. The predicted octanol–water partition coefficient (Wildman–Crippen LogP) is 2.98. The number of nitrogens with zero attached hydrogens (tertiary/aromatic N) is 2. The monoisotopic (exact) mass is 397 g/mol. The predicted molar refractivity (Wildman–Crippen MR) is 108 cm³/mol. The fourth-order valence-corrected chi connectivity index (χ4v) is 3.19. The Kier molecular flexibility index (Phi) is 6.01. The Morgan fingerprint density at radius 1 is 1.10 bits per heavy atom. The summed E-state index contributed by atoms with van der Waals surface area (Å²) < 4.78 is 10.6. The molecule has 2 aromatic carbocycles. The van der Waals surface area contributed by atoms with Gasteiger partial charge in [0.05, 0.1) is 19.7 Å². The third-order valence-corrected chi connectivity index (χ3v) is 4.77. The number of carboxylic acids is 1. The van der Waals surface area contributed by atoms with E-state index in [1.165, 1.54) is 0 Å². The van der Waals surface area contributed by atoms with Crippen LogP contribution in [0.25, 0.3) is 10.9 Å². The lowest BCUT2D eigenvalue weighted by Crippen LogP contribution is -2.28. The minimum Gasteiger partial charge on any atom is -0.493 e. The van der Waals surface area contributed by atoms with E-state index >= 15 is 0 Å². The van der Waals surface area contributed by atoms with Crippen LogP contribution in [0.1, 0.15) is 32.8 Å². The zero-order valence-electron chi connectivity index (χ0n) is 16.6. The van der Waals surface area contributed by atoms with Gasteiger partial charge in [0, 0.05) is 24.5 Å². The summed E-state index contributed by atoms with van der Waals surface area (Å²) in [6.07, 6.45) is 1.55. The molecule has 0 radical (unpaired) electrons. The van der Waals surface area contributed by atoms with Crippen LogP contribution in [0.3, 0.4) is 0 Å². The number of aromatic amines is 1. The van der Waals surface area contributed by atoms with Crippen molar-refractivity contribution in [2.75, 3.05) is 27.8 Å². The zero-order chi connectivity index (χ0) is 21.0. The third-order valence-electron chi connectivity index (χ3n) is 4.77. The molecule has 1 aromatic heterocycles. The molecule has 0 fully saturated rings. The Hall–Kier alpha value is -3.55. The number of ether oxygens (including phenoxy) is 2. The van der Waals surface area contributed by atoms with Gasteiger partial charge in [-0.3, -0.25) is 9.89 Å². The van der Waals surface area contributed by atoms with Gasteiger partial charge in [-0.25, -0.2) is 4.79 Å². The average Bonchev–Trinajstić information content (AvgIpc) is 3.16. The van der Waals surface area contributed by atoms with Crippen LogP contribution in [0.4, 0.5) is 0 Å². The topological polar surface area (TPSA) is 105 Å². The summed E-state index contributed by atoms with van der Waals surface area (Å²) in [7, 11) is 4.92. The van der Waals surface area contributed by atoms with Gasteiger partial charge in [-0.05, 0) is 48.7 Å². The number of carboxylic acid groups (broad SMARTS) is 1. The van der Waals surface area contributed by atoms with Gasteiger partial charge in [-0.2, -0.15) is 5.10 Å². The van der Waals surface area contributed by atoms with Crippen molar-refractivity contribution >= 4 is 22.8 Å². The molecule has 3 rings (SSSR count). The van der Waals surface area contributed by atoms with E-state index in [9.17, 15) is 14.7 Å². The summed E-state index contributed by atoms with van der Waals surface area (Å²) >= 11 is 0. The number of carbonyl (C=O) groups is 2. The van der Waals surface area contributed by atoms with Gasteiger partial charge in [-0.15, -0.1) is 0 Å². The van der Waals surface area contributed by atoms with Gasteiger partial charge in [-0.1, -0.05) is 6.07 Å². The number of H-pyrrole nitrogens is 1. The lowest BCUT2D eigenvalue weighted by Gasteiger charge is -2.17. The van der Waals surface area contributed by atoms with E-state index in [1.54, 1.807) is 44.4 Å². The van der Waals surface area contributed by atoms with Crippen molar-refractivity contribution in [3.05, 3.63) is 53.2 Å². The van der Waals surface area contributed by atoms with Crippen LogP contribution in [-0.2, 0) is 6.42 Å². The third kappa shape index (κ3) is 4.31. The van der Waals surface area contributed by atoms with Gasteiger partial charge < -0.3 is 19.5 Å². The number of methoxy groups -OCH3 is 2. The second kappa shape index (κ2) is 8.64. The summed E-state index contributed by atoms with van der Waals surface area (Å²) in [6, 6.07) is 10.7. The highest BCUT2D eigenvalue weighted by molar-refractivity contribution is 6.04. The lowest BCUT2D eigenvalue weighted by atomic mass is 10.1. The Morgan fingerprint density at radius 3 is 2.55 bits per heavy atom. The highest BCUT2D eigenvalue weighted by Gasteiger charge is 2.17. The SMILES string of the molecule is COc1ccc(CCCN(C)C(=O)c2ccc3[nH]nc(C(=O)O)c3c2)cc1OC. The van der Waals surface area contributed by atoms with E-state index in [0.717, 1.165) is 18.4 Å². The number of carbonyl (C=O) groups excluding carboxylic acids is 1. The minimum absolute atomic E-state index is 0.0919. The summed E-state index contributed by atoms with van der Waals surface area (Å²) in [4.78, 5) is 25.6. The summed E-state index contributed by atoms with van der Waals surface area (Å²) in [5.74, 6) is 0.0527. The number of hydrogen-bond donors (Lipinski definition) is 2. The maximum atomic E-state index is 12.7. The standard InChI is InChI=1S/C21H23N3O5/c1-24(10-4-5-13-6-9-17(28-2)18(11-13)29-3)20(25)14-7-8-16-15(12-14)19(21(26)27)23-22-16/h6-9,11-12H,4-5,10H2,1-3H3,(H,22,23)(H,26,27). The van der Waals surface area contributed by atoms with Gasteiger partial charge in [0.2, 0.25) is 0 Å². The van der Waals surface area contributed by atoms with E-state index in [1.807, 2.05) is 18.2 Å². The summed E-state index contributed by atoms with van der Waals surface area (Å²) in [6.45, 7) is 0.558. The van der Waals surface area contributed by atoms with E-state index in [0.29, 0.717) is 34.5 Å². The van der Waals surface area contributed by atoms with Crippen LogP contribution in [-0.4, -0.2) is 59.9 Å². The fraction of sp³-hybridized carbons (Fsp3) is 0.286. The average molecular weight is 397 g/mol. The molecule has 0 spiro atoms. The first-order valence-electron chi connectivity index (χ1n) is 9.12. The van der Waals surface area contributed by atoms with Crippen molar-refractivity contribution in [3.63, 3.8) is 0 Å². The Morgan fingerprint density at radius 2 is 1.86 bits per heavy atom. The van der Waals surface area contributed by atoms with E-state index < -0.39 is 5.97 Å². The highest BCUT2D eigenvalue weighted by atomic mass is 16.5. The molecule has 1 amide bonds. The second-order valence-corrected chi connectivity index (χ2v) is 6.66. The molecule has 1 heterocycles. The smallest absolute Gasteiger partial charge is 0.357 e. The van der Waals surface area contributed by atoms with Crippen molar-refractivity contribution in [2.24, 2.45) is 0 Å². The largest absolute Gasteiger partial charge is 0.493 e. The van der Waals surface area contributed by atoms with Crippen LogP contribution < -0.4 is 9.47 Å². The maximum Gasteiger partial charge on any atom is 0.357 e. The Balaban J connectivity index is 1.64. The molecule has 8 heteroatoms. The maximum absolute atomic E-state index is 12.7. The molecular formula is C21H23N3O5. The first kappa shape index (κ1) is 20.2. The van der Waals surface area contributed by atoms with Crippen molar-refractivity contribution in [1.29, 1.82) is 0 Å². The number of hydrogen-bond acceptors (Lipinski definition) is 5. The molecule has 3 aromatic rings. The van der Waals surface area contributed by atoms with Gasteiger partial charge in [0.25, 0.3) is 5.91 Å². The molecule has 2 N–H and O–H groups in total. The molecule has 0 aliphatic heterocycles. The normalized spacial score (nSPS) is 10.7. The summed E-state index contributed by atoms with van der Waals surface area (Å²) in [5, 5.41) is 16.1. The number of aromatic carboxylic acids is 1. The van der Waals surface area contributed by atoms with Crippen LogP contribution in [0.5, 0.6) is 11.5 Å². The molecular weight excluding hydrogens is 374 g/mol. The van der Waals surface area contributed by atoms with Crippen molar-refractivity contribution in [3.8, 4) is 11.5 Å². The quantitative estimate of drug-likeness (QED) is 0.605. The number of benzene rings is 2. The number of aryl methyl sites for hydroxylation is 1. The van der Waals surface area contributed by atoms with Crippen molar-refractivity contribution in [2.45, 2.75) is 12.8 Å². The first-order chi connectivity index (χ1) is 13.9. The molecule has 8 nitrogen and oxygen atoms in total. The number of aromatic nitrogens is 2. The molecule has 0 atom stereocenters. The molecule has 0 saturated heterocycles. The second-order valence-electron chi connectivity index (χ2n) is 6.66. The molecule has 29 heavy (non-hydrogen) atoms. The van der Waals surface area contributed by atoms with Crippen LogP contribution >= 0.6 is 0 Å². The van der Waals surface area contributed by atoms with E-state index in [2.05, 4.69) is 10.2 Å². The molecule has 152 valence electrons. The minimum atomic E-state index is -1.14. The van der Waals surface area contributed by atoms with Crippen molar-refractivity contribution < 1.29 is 24.2 Å². The van der Waals surface area contributed by atoms with Crippen LogP contribution in [0.2, 0.25) is 0 Å².